The number of nitrogens with zero attached hydrogens (tertiary/aromatic N) is 1. The highest BCUT2D eigenvalue weighted by Gasteiger charge is 2.24. The fraction of sp³-hybridized carbons (Fsp3) is 0.688. The molecular formula is C16H29N3OS. The number of hydrogen-bond donors (Lipinski definition) is 2. The van der Waals surface area contributed by atoms with Gasteiger partial charge in [0.05, 0.1) is 12.3 Å². The van der Waals surface area contributed by atoms with Crippen LogP contribution in [0.25, 0.3) is 0 Å². The zero-order chi connectivity index (χ0) is 15.9. The number of anilines is 2. The van der Waals surface area contributed by atoms with E-state index >= 15 is 0 Å². The Morgan fingerprint density at radius 2 is 2.00 bits per heavy atom. The van der Waals surface area contributed by atoms with E-state index in [9.17, 15) is 0 Å². The third-order valence-electron chi connectivity index (χ3n) is 3.76. The summed E-state index contributed by atoms with van der Waals surface area (Å²) >= 11 is 1.91. The Bertz CT molecular complexity index is 425. The van der Waals surface area contributed by atoms with Crippen molar-refractivity contribution >= 4 is 23.3 Å². The molecule has 120 valence electrons. The Morgan fingerprint density at radius 3 is 2.52 bits per heavy atom. The number of ether oxygens (including phenoxy) is 1. The first-order chi connectivity index (χ1) is 9.96. The van der Waals surface area contributed by atoms with Gasteiger partial charge in [0, 0.05) is 11.3 Å². The molecule has 0 fully saturated rings. The van der Waals surface area contributed by atoms with Crippen LogP contribution in [0.2, 0.25) is 0 Å². The van der Waals surface area contributed by atoms with E-state index in [2.05, 4.69) is 44.3 Å². The third-order valence-corrected chi connectivity index (χ3v) is 5.34. The normalized spacial score (nSPS) is 11.7. The molecule has 0 spiro atoms. The van der Waals surface area contributed by atoms with Gasteiger partial charge in [-0.2, -0.15) is 16.7 Å². The predicted octanol–water partition coefficient (Wildman–Crippen LogP) is 4.03. The summed E-state index contributed by atoms with van der Waals surface area (Å²) in [6.07, 6.45) is 4.43. The molecule has 1 aromatic rings. The highest BCUT2D eigenvalue weighted by Crippen LogP contribution is 2.31. The first-order valence-corrected chi connectivity index (χ1v) is 8.87. The van der Waals surface area contributed by atoms with E-state index in [1.165, 1.54) is 0 Å². The van der Waals surface area contributed by atoms with Crippen LogP contribution in [0.4, 0.5) is 11.5 Å². The first kappa shape index (κ1) is 18.0. The average Bonchev–Trinajstić information content (AvgIpc) is 2.49. The van der Waals surface area contributed by atoms with Gasteiger partial charge < -0.3 is 15.8 Å². The molecule has 1 heterocycles. The van der Waals surface area contributed by atoms with Crippen molar-refractivity contribution < 1.29 is 4.74 Å². The zero-order valence-corrected chi connectivity index (χ0v) is 14.7. The summed E-state index contributed by atoms with van der Waals surface area (Å²) in [5.74, 6) is 1.80. The van der Waals surface area contributed by atoms with E-state index in [-0.39, 0.29) is 4.75 Å². The summed E-state index contributed by atoms with van der Waals surface area (Å²) in [7, 11) is 0. The van der Waals surface area contributed by atoms with Crippen LogP contribution in [-0.2, 0) is 0 Å². The van der Waals surface area contributed by atoms with Crippen molar-refractivity contribution in [3.8, 4) is 5.88 Å². The Morgan fingerprint density at radius 1 is 1.33 bits per heavy atom. The van der Waals surface area contributed by atoms with Crippen LogP contribution in [0, 0.1) is 5.92 Å². The van der Waals surface area contributed by atoms with E-state index in [1.807, 2.05) is 23.9 Å². The van der Waals surface area contributed by atoms with Crippen LogP contribution in [0.15, 0.2) is 12.1 Å². The van der Waals surface area contributed by atoms with Crippen LogP contribution < -0.4 is 15.8 Å². The second-order valence-corrected chi connectivity index (χ2v) is 7.02. The standard InChI is InChI=1S/C16H29N3OS/c1-6-16(7-2,21-5)11-18-14-9-8-13(17)15(19-14)20-10-12(3)4/h8-9,12H,6-7,10-11,17H2,1-5H3,(H,18,19). The van der Waals surface area contributed by atoms with E-state index in [0.717, 1.165) is 25.2 Å². The minimum absolute atomic E-state index is 0.252. The van der Waals surface area contributed by atoms with E-state index in [0.29, 0.717) is 24.1 Å². The Balaban J connectivity index is 2.73. The monoisotopic (exact) mass is 311 g/mol. The molecule has 0 bridgehead atoms. The molecule has 0 aliphatic heterocycles. The lowest BCUT2D eigenvalue weighted by atomic mass is 10.0. The van der Waals surface area contributed by atoms with Gasteiger partial charge in [0.2, 0.25) is 5.88 Å². The number of rotatable bonds is 9. The first-order valence-electron chi connectivity index (χ1n) is 7.64. The largest absolute Gasteiger partial charge is 0.476 e. The lowest BCUT2D eigenvalue weighted by Gasteiger charge is -2.30. The minimum Gasteiger partial charge on any atom is -0.476 e. The molecule has 0 unspecified atom stereocenters. The van der Waals surface area contributed by atoms with Crippen molar-refractivity contribution in [3.05, 3.63) is 12.1 Å². The van der Waals surface area contributed by atoms with Gasteiger partial charge >= 0.3 is 0 Å². The topological polar surface area (TPSA) is 60.2 Å². The summed E-state index contributed by atoms with van der Waals surface area (Å²) in [5.41, 5.74) is 6.50. The number of nitrogens with one attached hydrogen (secondary N) is 1. The van der Waals surface area contributed by atoms with Crippen LogP contribution in [-0.4, -0.2) is 29.1 Å². The second-order valence-electron chi connectivity index (χ2n) is 5.74. The van der Waals surface area contributed by atoms with Gasteiger partial charge in [0.25, 0.3) is 0 Å². The molecule has 1 aromatic heterocycles. The van der Waals surface area contributed by atoms with Crippen LogP contribution in [0.3, 0.4) is 0 Å². The number of nitrogens with two attached hydrogens (primary N) is 1. The zero-order valence-electron chi connectivity index (χ0n) is 13.9. The van der Waals surface area contributed by atoms with E-state index < -0.39 is 0 Å². The molecule has 4 nitrogen and oxygen atoms in total. The molecule has 0 amide bonds. The molecule has 5 heteroatoms. The average molecular weight is 311 g/mol. The molecule has 1 rings (SSSR count). The van der Waals surface area contributed by atoms with Gasteiger partial charge in [-0.1, -0.05) is 27.7 Å². The fourth-order valence-electron chi connectivity index (χ4n) is 2.02. The molecule has 0 saturated heterocycles. The van der Waals surface area contributed by atoms with Crippen molar-refractivity contribution in [1.29, 1.82) is 0 Å². The molecule has 0 saturated carbocycles. The SMILES string of the molecule is CCC(CC)(CNc1ccc(N)c(OCC(C)C)n1)SC. The molecule has 0 aliphatic rings. The van der Waals surface area contributed by atoms with Crippen LogP contribution >= 0.6 is 11.8 Å². The number of hydrogen-bond acceptors (Lipinski definition) is 5. The molecule has 0 aromatic carbocycles. The maximum atomic E-state index is 5.92. The quantitative estimate of drug-likeness (QED) is 0.721. The van der Waals surface area contributed by atoms with E-state index in [1.54, 1.807) is 0 Å². The third kappa shape index (κ3) is 5.30. The summed E-state index contributed by atoms with van der Waals surface area (Å²) in [6.45, 7) is 10.2. The van der Waals surface area contributed by atoms with Crippen molar-refractivity contribution in [2.75, 3.05) is 30.5 Å². The molecule has 3 N–H and O–H groups in total. The minimum atomic E-state index is 0.252. The second kappa shape index (κ2) is 8.37. The van der Waals surface area contributed by atoms with Crippen LogP contribution in [0.1, 0.15) is 40.5 Å². The van der Waals surface area contributed by atoms with Crippen LogP contribution in [0.5, 0.6) is 5.88 Å². The number of pyridine rings is 1. The van der Waals surface area contributed by atoms with Gasteiger partial charge in [-0.15, -0.1) is 0 Å². The molecule has 21 heavy (non-hydrogen) atoms. The maximum Gasteiger partial charge on any atom is 0.239 e. The van der Waals surface area contributed by atoms with Crippen molar-refractivity contribution in [1.82, 2.24) is 4.98 Å². The van der Waals surface area contributed by atoms with Gasteiger partial charge in [-0.25, -0.2) is 0 Å². The van der Waals surface area contributed by atoms with Gasteiger partial charge in [0.15, 0.2) is 0 Å². The van der Waals surface area contributed by atoms with Crippen molar-refractivity contribution in [2.45, 2.75) is 45.3 Å². The number of aromatic nitrogens is 1. The molecular weight excluding hydrogens is 282 g/mol. The number of thioether (sulfide) groups is 1. The molecule has 0 radical (unpaired) electrons. The Kier molecular flexibility index (Phi) is 7.15. The fourth-order valence-corrected chi connectivity index (χ4v) is 2.82. The maximum absolute atomic E-state index is 5.92. The summed E-state index contributed by atoms with van der Waals surface area (Å²) < 4.78 is 5.92. The highest BCUT2D eigenvalue weighted by molar-refractivity contribution is 8.00. The Labute approximate surface area is 133 Å². The number of nitrogen functional groups attached to an aromatic ring is 1. The van der Waals surface area contributed by atoms with Gasteiger partial charge in [-0.3, -0.25) is 0 Å². The molecule has 0 atom stereocenters. The summed E-state index contributed by atoms with van der Waals surface area (Å²) in [5, 5.41) is 3.43. The molecule has 0 aliphatic carbocycles. The van der Waals surface area contributed by atoms with E-state index in [4.69, 9.17) is 10.5 Å². The Hall–Kier alpha value is -1.10. The van der Waals surface area contributed by atoms with Crippen molar-refractivity contribution in [3.63, 3.8) is 0 Å². The summed E-state index contributed by atoms with van der Waals surface area (Å²) in [6, 6.07) is 3.76. The lowest BCUT2D eigenvalue weighted by molar-refractivity contribution is 0.263. The highest BCUT2D eigenvalue weighted by atomic mass is 32.2. The van der Waals surface area contributed by atoms with Crippen molar-refractivity contribution in [2.24, 2.45) is 5.92 Å². The summed E-state index contributed by atoms with van der Waals surface area (Å²) in [4.78, 5) is 4.48. The smallest absolute Gasteiger partial charge is 0.239 e. The van der Waals surface area contributed by atoms with Gasteiger partial charge in [0.1, 0.15) is 5.82 Å². The predicted molar refractivity (Wildman–Crippen MR) is 94.3 cm³/mol. The lowest BCUT2D eigenvalue weighted by Crippen LogP contribution is -2.32. The van der Waals surface area contributed by atoms with Gasteiger partial charge in [-0.05, 0) is 37.1 Å².